The molecule has 0 saturated heterocycles. The van der Waals surface area contributed by atoms with E-state index in [0.29, 0.717) is 39.9 Å². The van der Waals surface area contributed by atoms with E-state index in [1.165, 1.54) is 0 Å². The van der Waals surface area contributed by atoms with E-state index >= 15 is 0 Å². The lowest BCUT2D eigenvalue weighted by Gasteiger charge is -2.34. The molecule has 1 aromatic heterocycles. The standard InChI is InChI=1S/C28H28BClN8/c1-2-3-4-10-33-26-19(15-32)16-34-27-23(26)12-21(13-24(27)30)35-28(29,20-7-5-6-18(11-20)14-31)25-17-38(37-36-25)22-8-9-22/h2,5-7,11-13,16-17,22,35-37H,1,3-4,8-10,29H2,(H,33,34). The van der Waals surface area contributed by atoms with E-state index in [1.54, 1.807) is 12.3 Å². The lowest BCUT2D eigenvalue weighted by atomic mass is 9.69. The van der Waals surface area contributed by atoms with E-state index < -0.39 is 5.44 Å². The van der Waals surface area contributed by atoms with Crippen molar-refractivity contribution in [2.75, 3.05) is 17.2 Å². The number of halogens is 1. The molecule has 0 bridgehead atoms. The third kappa shape index (κ3) is 4.99. The van der Waals surface area contributed by atoms with Gasteiger partial charge in [0.15, 0.2) is 0 Å². The maximum Gasteiger partial charge on any atom is 0.148 e. The van der Waals surface area contributed by atoms with Crippen molar-refractivity contribution < 1.29 is 0 Å². The lowest BCUT2D eigenvalue weighted by Crippen LogP contribution is -2.45. The molecule has 0 spiro atoms. The fourth-order valence-corrected chi connectivity index (χ4v) is 4.95. The van der Waals surface area contributed by atoms with Crippen molar-refractivity contribution in [3.8, 4) is 12.1 Å². The summed E-state index contributed by atoms with van der Waals surface area (Å²) in [6, 6.07) is 16.3. The predicted molar refractivity (Wildman–Crippen MR) is 154 cm³/mol. The van der Waals surface area contributed by atoms with E-state index in [0.717, 1.165) is 48.0 Å². The first-order valence-corrected chi connectivity index (χ1v) is 13.0. The summed E-state index contributed by atoms with van der Waals surface area (Å²) in [6.07, 6.45) is 9.56. The molecule has 8 nitrogen and oxygen atoms in total. The highest BCUT2D eigenvalue weighted by atomic mass is 35.5. The Balaban J connectivity index is 1.58. The minimum Gasteiger partial charge on any atom is -0.383 e. The highest BCUT2D eigenvalue weighted by molar-refractivity contribution is 6.36. The molecular weight excluding hydrogens is 495 g/mol. The first-order valence-electron chi connectivity index (χ1n) is 12.6. The molecule has 1 aliphatic heterocycles. The molecule has 1 unspecified atom stereocenters. The van der Waals surface area contributed by atoms with Gasteiger partial charge in [0.25, 0.3) is 0 Å². The Morgan fingerprint density at radius 1 is 1.26 bits per heavy atom. The van der Waals surface area contributed by atoms with Gasteiger partial charge in [-0.15, -0.1) is 12.1 Å². The van der Waals surface area contributed by atoms with Crippen LogP contribution in [-0.4, -0.2) is 30.4 Å². The fourth-order valence-electron chi connectivity index (χ4n) is 4.68. The van der Waals surface area contributed by atoms with Crippen molar-refractivity contribution in [2.24, 2.45) is 0 Å². The summed E-state index contributed by atoms with van der Waals surface area (Å²) in [7, 11) is 2.07. The lowest BCUT2D eigenvalue weighted by molar-refractivity contribution is 0.260. The fraction of sp³-hybridized carbons (Fsp3) is 0.250. The first-order chi connectivity index (χ1) is 18.5. The first kappa shape index (κ1) is 25.5. The summed E-state index contributed by atoms with van der Waals surface area (Å²) in [5, 5.41) is 29.7. The molecule has 5 rings (SSSR count). The number of nitrogens with one attached hydrogen (secondary N) is 4. The summed E-state index contributed by atoms with van der Waals surface area (Å²) in [6.45, 7) is 4.47. The van der Waals surface area contributed by atoms with Gasteiger partial charge in [0.2, 0.25) is 0 Å². The predicted octanol–water partition coefficient (Wildman–Crippen LogP) is 4.24. The zero-order valence-electron chi connectivity index (χ0n) is 21.2. The van der Waals surface area contributed by atoms with Crippen molar-refractivity contribution >= 4 is 41.7 Å². The monoisotopic (exact) mass is 522 g/mol. The molecule has 0 amide bonds. The quantitative estimate of drug-likeness (QED) is 0.178. The second-order valence-corrected chi connectivity index (χ2v) is 10.1. The number of nitriles is 2. The van der Waals surface area contributed by atoms with Gasteiger partial charge in [-0.25, -0.2) is 0 Å². The Hall–Kier alpha value is -4.18. The van der Waals surface area contributed by atoms with Crippen molar-refractivity contribution in [2.45, 2.75) is 37.2 Å². The van der Waals surface area contributed by atoms with Gasteiger partial charge in [-0.3, -0.25) is 9.99 Å². The zero-order valence-corrected chi connectivity index (χ0v) is 21.9. The van der Waals surface area contributed by atoms with Gasteiger partial charge < -0.3 is 16.1 Å². The number of fused-ring (bicyclic) bond motifs is 1. The largest absolute Gasteiger partial charge is 0.383 e. The molecule has 1 aliphatic carbocycles. The Morgan fingerprint density at radius 3 is 2.84 bits per heavy atom. The minimum atomic E-state index is -0.738. The Morgan fingerprint density at radius 2 is 2.11 bits per heavy atom. The number of anilines is 2. The van der Waals surface area contributed by atoms with Crippen LogP contribution < -0.4 is 21.6 Å². The van der Waals surface area contributed by atoms with Crippen LogP contribution in [-0.2, 0) is 5.44 Å². The molecule has 38 heavy (non-hydrogen) atoms. The number of rotatable bonds is 10. The molecule has 0 radical (unpaired) electrons. The average Bonchev–Trinajstić information content (AvgIpc) is 3.66. The van der Waals surface area contributed by atoms with Gasteiger partial charge >= 0.3 is 0 Å². The SMILES string of the molecule is BC(Nc1cc(Cl)c2ncc(C#N)c(NCCCC=C)c2c1)(C1=CN(C2CC2)NN1)c1cccc(C#N)c1. The molecule has 1 saturated carbocycles. The molecule has 4 N–H and O–H groups in total. The van der Waals surface area contributed by atoms with Gasteiger partial charge in [0.1, 0.15) is 13.9 Å². The van der Waals surface area contributed by atoms with Gasteiger partial charge in [-0.05, 0) is 55.5 Å². The summed E-state index contributed by atoms with van der Waals surface area (Å²) in [5.74, 6) is 0. The Bertz CT molecular complexity index is 1500. The Kier molecular flexibility index (Phi) is 7.15. The number of nitrogens with zero attached hydrogens (tertiary/aromatic N) is 4. The molecule has 190 valence electrons. The number of unbranched alkanes of at least 4 members (excludes halogenated alkanes) is 1. The number of aromatic nitrogens is 1. The summed E-state index contributed by atoms with van der Waals surface area (Å²) >= 11 is 6.75. The van der Waals surface area contributed by atoms with E-state index in [4.69, 9.17) is 11.6 Å². The van der Waals surface area contributed by atoms with E-state index in [1.807, 2.05) is 36.4 Å². The van der Waals surface area contributed by atoms with Gasteiger partial charge in [-0.2, -0.15) is 10.5 Å². The summed E-state index contributed by atoms with van der Waals surface area (Å²) in [4.78, 5) is 4.47. The van der Waals surface area contributed by atoms with Crippen LogP contribution in [0.5, 0.6) is 0 Å². The number of hydrazine groups is 2. The van der Waals surface area contributed by atoms with E-state index in [2.05, 4.69) is 64.4 Å². The number of allylic oxidation sites excluding steroid dienone is 1. The summed E-state index contributed by atoms with van der Waals surface area (Å²) < 4.78 is 0. The van der Waals surface area contributed by atoms with Gasteiger partial charge in [-0.1, -0.05) is 29.8 Å². The highest BCUT2D eigenvalue weighted by Crippen LogP contribution is 2.38. The normalized spacial score (nSPS) is 16.1. The van der Waals surface area contributed by atoms with Crippen LogP contribution in [0.4, 0.5) is 11.4 Å². The van der Waals surface area contributed by atoms with Crippen LogP contribution in [0.2, 0.25) is 5.02 Å². The molecule has 10 heteroatoms. The molecule has 2 heterocycles. The number of hydrogen-bond donors (Lipinski definition) is 4. The Labute approximate surface area is 228 Å². The maximum absolute atomic E-state index is 9.77. The van der Waals surface area contributed by atoms with Crippen molar-refractivity contribution in [1.82, 2.24) is 21.0 Å². The van der Waals surface area contributed by atoms with Gasteiger partial charge in [0.05, 0.1) is 44.6 Å². The van der Waals surface area contributed by atoms with Crippen LogP contribution in [0.1, 0.15) is 42.4 Å². The molecule has 3 aromatic rings. The second kappa shape index (κ2) is 10.7. The maximum atomic E-state index is 9.77. The highest BCUT2D eigenvalue weighted by Gasteiger charge is 2.38. The third-order valence-electron chi connectivity index (χ3n) is 6.96. The average molecular weight is 523 g/mol. The second-order valence-electron chi connectivity index (χ2n) is 9.73. The van der Waals surface area contributed by atoms with E-state index in [-0.39, 0.29) is 0 Å². The van der Waals surface area contributed by atoms with Crippen molar-refractivity contribution in [3.05, 3.63) is 88.9 Å². The molecule has 2 aliphatic rings. The molecular formula is C28H28BClN8. The summed E-state index contributed by atoms with van der Waals surface area (Å²) in [5.41, 5.74) is 10.8. The number of hydrogen-bond acceptors (Lipinski definition) is 8. The smallest absolute Gasteiger partial charge is 0.148 e. The topological polar surface area (TPSA) is 112 Å². The van der Waals surface area contributed by atoms with Gasteiger partial charge in [0, 0.05) is 36.1 Å². The van der Waals surface area contributed by atoms with Crippen LogP contribution in [0, 0.1) is 22.7 Å². The van der Waals surface area contributed by atoms with Crippen LogP contribution in [0.25, 0.3) is 10.9 Å². The molecule has 1 atom stereocenters. The van der Waals surface area contributed by atoms with Crippen LogP contribution in [0.3, 0.4) is 0 Å². The number of benzene rings is 2. The zero-order chi connectivity index (χ0) is 26.7. The third-order valence-corrected chi connectivity index (χ3v) is 7.25. The molecule has 2 aromatic carbocycles. The van der Waals surface area contributed by atoms with Crippen LogP contribution in [0.15, 0.2) is 67.1 Å². The molecule has 1 fully saturated rings. The number of pyridine rings is 1. The minimum absolute atomic E-state index is 0.457. The van der Waals surface area contributed by atoms with Crippen LogP contribution >= 0.6 is 11.6 Å². The van der Waals surface area contributed by atoms with Crippen molar-refractivity contribution in [1.29, 1.82) is 10.5 Å². The van der Waals surface area contributed by atoms with Crippen molar-refractivity contribution in [3.63, 3.8) is 0 Å². The van der Waals surface area contributed by atoms with E-state index in [9.17, 15) is 10.5 Å².